The van der Waals surface area contributed by atoms with Crippen LogP contribution in [0.5, 0.6) is 0 Å². The maximum atomic E-state index is 11.3. The van der Waals surface area contributed by atoms with Gasteiger partial charge in [-0.05, 0) is 48.5 Å². The van der Waals surface area contributed by atoms with Crippen LogP contribution in [0.2, 0.25) is 0 Å². The molecule has 0 aromatic carbocycles. The minimum absolute atomic E-state index is 0.141. The van der Waals surface area contributed by atoms with Gasteiger partial charge in [-0.1, -0.05) is 0 Å². The Hall–Kier alpha value is -0.610. The van der Waals surface area contributed by atoms with Crippen LogP contribution in [-0.4, -0.2) is 35.5 Å². The van der Waals surface area contributed by atoms with Crippen molar-refractivity contribution in [1.29, 1.82) is 0 Å². The molecule has 102 valence electrons. The van der Waals surface area contributed by atoms with Gasteiger partial charge in [0.15, 0.2) is 0 Å². The molecule has 0 atom stereocenters. The zero-order valence-corrected chi connectivity index (χ0v) is 12.1. The fraction of sp³-hybridized carbons (Fsp3) is 0.923. The minimum atomic E-state index is -1.01. The summed E-state index contributed by atoms with van der Waals surface area (Å²) < 4.78 is 11.1. The zero-order valence-electron chi connectivity index (χ0n) is 12.1. The largest absolute Gasteiger partial charge is 0.481 e. The first-order valence-electron chi connectivity index (χ1n) is 5.87. The number of carbonyl (C=O) groups is 1. The van der Waals surface area contributed by atoms with E-state index in [0.717, 1.165) is 0 Å². The van der Waals surface area contributed by atoms with E-state index in [1.807, 2.05) is 41.5 Å². The summed E-state index contributed by atoms with van der Waals surface area (Å²) in [6.07, 6.45) is 0. The molecule has 17 heavy (non-hydrogen) atoms. The number of rotatable bonds is 5. The highest BCUT2D eigenvalue weighted by atomic mass is 16.5. The minimum Gasteiger partial charge on any atom is -0.481 e. The number of aliphatic carboxylic acids is 1. The van der Waals surface area contributed by atoms with Crippen molar-refractivity contribution in [2.24, 2.45) is 5.41 Å². The van der Waals surface area contributed by atoms with Crippen LogP contribution in [0.4, 0.5) is 0 Å². The van der Waals surface area contributed by atoms with Gasteiger partial charge in [-0.2, -0.15) is 0 Å². The Morgan fingerprint density at radius 2 is 1.18 bits per heavy atom. The van der Waals surface area contributed by atoms with Gasteiger partial charge in [0, 0.05) is 0 Å². The molecule has 4 nitrogen and oxygen atoms in total. The topological polar surface area (TPSA) is 55.8 Å². The summed E-state index contributed by atoms with van der Waals surface area (Å²) in [6, 6.07) is 0. The Kier molecular flexibility index (Phi) is 5.16. The summed E-state index contributed by atoms with van der Waals surface area (Å²) in [5.41, 5.74) is -1.71. The molecule has 0 bridgehead atoms. The van der Waals surface area contributed by atoms with Crippen molar-refractivity contribution in [2.45, 2.75) is 59.7 Å². The van der Waals surface area contributed by atoms with Crippen LogP contribution >= 0.6 is 0 Å². The maximum Gasteiger partial charge on any atom is 0.314 e. The molecule has 0 aromatic heterocycles. The Bertz CT molecular complexity index is 240. The molecular weight excluding hydrogens is 220 g/mol. The molecule has 0 fully saturated rings. The van der Waals surface area contributed by atoms with Crippen LogP contribution in [0.25, 0.3) is 0 Å². The molecule has 4 heteroatoms. The third-order valence-electron chi connectivity index (χ3n) is 2.16. The Balaban J connectivity index is 4.53. The first-order chi connectivity index (χ1) is 7.36. The predicted molar refractivity (Wildman–Crippen MR) is 67.2 cm³/mol. The Morgan fingerprint density at radius 3 is 1.35 bits per heavy atom. The van der Waals surface area contributed by atoms with Crippen molar-refractivity contribution in [3.05, 3.63) is 0 Å². The number of hydrogen-bond acceptors (Lipinski definition) is 3. The Labute approximate surface area is 104 Å². The van der Waals surface area contributed by atoms with Gasteiger partial charge in [-0.15, -0.1) is 0 Å². The van der Waals surface area contributed by atoms with Gasteiger partial charge in [-0.25, -0.2) is 0 Å². The average Bonchev–Trinajstić information content (AvgIpc) is 2.09. The molecule has 0 saturated heterocycles. The lowest BCUT2D eigenvalue weighted by Crippen LogP contribution is -2.42. The van der Waals surface area contributed by atoms with Crippen LogP contribution in [0.1, 0.15) is 48.5 Å². The van der Waals surface area contributed by atoms with E-state index in [1.54, 1.807) is 6.92 Å². The fourth-order valence-electron chi connectivity index (χ4n) is 0.917. The standard InChI is InChI=1S/C13H26O4/c1-11(2,3)16-8-13(7,10(14)15)9-17-12(4,5)6/h8-9H2,1-7H3,(H,14,15). The highest BCUT2D eigenvalue weighted by Crippen LogP contribution is 2.23. The van der Waals surface area contributed by atoms with Crippen molar-refractivity contribution in [2.75, 3.05) is 13.2 Å². The number of hydrogen-bond donors (Lipinski definition) is 1. The summed E-state index contributed by atoms with van der Waals surface area (Å²) >= 11 is 0. The van der Waals surface area contributed by atoms with Gasteiger partial charge in [0.05, 0.1) is 24.4 Å². The SMILES string of the molecule is CC(C)(C)OCC(C)(COC(C)(C)C)C(=O)O. The smallest absolute Gasteiger partial charge is 0.314 e. The van der Waals surface area contributed by atoms with E-state index in [0.29, 0.717) is 0 Å². The van der Waals surface area contributed by atoms with Crippen molar-refractivity contribution in [3.63, 3.8) is 0 Å². The highest BCUT2D eigenvalue weighted by molar-refractivity contribution is 5.74. The molecule has 0 rings (SSSR count). The third-order valence-corrected chi connectivity index (χ3v) is 2.16. The number of carboxylic acids is 1. The van der Waals surface area contributed by atoms with Crippen LogP contribution < -0.4 is 0 Å². The van der Waals surface area contributed by atoms with Crippen molar-refractivity contribution in [3.8, 4) is 0 Å². The van der Waals surface area contributed by atoms with E-state index in [1.165, 1.54) is 0 Å². The summed E-state index contributed by atoms with van der Waals surface area (Å²) in [5.74, 6) is -0.897. The molecule has 0 aromatic rings. The van der Waals surface area contributed by atoms with Crippen LogP contribution in [-0.2, 0) is 14.3 Å². The van der Waals surface area contributed by atoms with Gasteiger partial charge >= 0.3 is 5.97 Å². The van der Waals surface area contributed by atoms with E-state index in [2.05, 4.69) is 0 Å². The number of ether oxygens (including phenoxy) is 2. The first-order valence-corrected chi connectivity index (χ1v) is 5.87. The third kappa shape index (κ3) is 7.34. The highest BCUT2D eigenvalue weighted by Gasteiger charge is 2.36. The molecule has 0 aliphatic carbocycles. The van der Waals surface area contributed by atoms with E-state index in [-0.39, 0.29) is 24.4 Å². The normalized spacial score (nSPS) is 13.8. The van der Waals surface area contributed by atoms with Crippen LogP contribution in [0.3, 0.4) is 0 Å². The maximum absolute atomic E-state index is 11.3. The quantitative estimate of drug-likeness (QED) is 0.810. The van der Waals surface area contributed by atoms with Crippen LogP contribution in [0, 0.1) is 5.41 Å². The summed E-state index contributed by atoms with van der Waals surface area (Å²) in [6.45, 7) is 13.3. The van der Waals surface area contributed by atoms with Gasteiger partial charge in [0.2, 0.25) is 0 Å². The lowest BCUT2D eigenvalue weighted by atomic mass is 9.92. The second-order valence-electron chi connectivity index (χ2n) is 6.67. The van der Waals surface area contributed by atoms with Crippen molar-refractivity contribution >= 4 is 5.97 Å². The monoisotopic (exact) mass is 246 g/mol. The average molecular weight is 246 g/mol. The van der Waals surface area contributed by atoms with Crippen molar-refractivity contribution < 1.29 is 19.4 Å². The van der Waals surface area contributed by atoms with Gasteiger partial charge in [0.1, 0.15) is 5.41 Å². The van der Waals surface area contributed by atoms with E-state index in [4.69, 9.17) is 9.47 Å². The van der Waals surface area contributed by atoms with Crippen molar-refractivity contribution in [1.82, 2.24) is 0 Å². The molecular formula is C13H26O4. The van der Waals surface area contributed by atoms with Crippen LogP contribution in [0.15, 0.2) is 0 Å². The van der Waals surface area contributed by atoms with E-state index in [9.17, 15) is 9.90 Å². The summed E-state index contributed by atoms with van der Waals surface area (Å²) in [4.78, 5) is 11.3. The summed E-state index contributed by atoms with van der Waals surface area (Å²) in [5, 5.41) is 9.27. The molecule has 0 unspecified atom stereocenters. The molecule has 1 N–H and O–H groups in total. The molecule has 0 aliphatic heterocycles. The molecule has 0 saturated carbocycles. The lowest BCUT2D eigenvalue weighted by molar-refractivity contribution is -0.165. The molecule has 0 aliphatic rings. The fourth-order valence-corrected chi connectivity index (χ4v) is 0.917. The molecule has 0 radical (unpaired) electrons. The van der Waals surface area contributed by atoms with Gasteiger partial charge in [0.25, 0.3) is 0 Å². The predicted octanol–water partition coefficient (Wildman–Crippen LogP) is 2.71. The molecule has 0 spiro atoms. The second-order valence-corrected chi connectivity index (χ2v) is 6.67. The van der Waals surface area contributed by atoms with Gasteiger partial charge in [-0.3, -0.25) is 4.79 Å². The van der Waals surface area contributed by atoms with E-state index < -0.39 is 11.4 Å². The van der Waals surface area contributed by atoms with Gasteiger partial charge < -0.3 is 14.6 Å². The molecule has 0 amide bonds. The second kappa shape index (κ2) is 5.36. The zero-order chi connectivity index (χ0) is 13.9. The lowest BCUT2D eigenvalue weighted by Gasteiger charge is -2.32. The number of carboxylic acid groups (broad SMARTS) is 1. The first kappa shape index (κ1) is 16.4. The summed E-state index contributed by atoms with van der Waals surface area (Å²) in [7, 11) is 0. The Morgan fingerprint density at radius 1 is 0.882 bits per heavy atom. The molecule has 0 heterocycles. The van der Waals surface area contributed by atoms with E-state index >= 15 is 0 Å².